The molecule has 1 rings (SSSR count). The summed E-state index contributed by atoms with van der Waals surface area (Å²) in [4.78, 5) is 24.9. The van der Waals surface area contributed by atoms with E-state index in [1.54, 1.807) is 24.3 Å². The fourth-order valence-electron chi connectivity index (χ4n) is 2.42. The second-order valence-electron chi connectivity index (χ2n) is 7.53. The largest absolute Gasteiger partial charge is 0.487 e. The highest BCUT2D eigenvalue weighted by molar-refractivity contribution is 6.00. The molecule has 5 nitrogen and oxygen atoms in total. The van der Waals surface area contributed by atoms with Crippen molar-refractivity contribution in [3.05, 3.63) is 24.3 Å². The maximum absolute atomic E-state index is 12.5. The Labute approximate surface area is 163 Å². The summed E-state index contributed by atoms with van der Waals surface area (Å²) >= 11 is 0. The average Bonchev–Trinajstić information content (AvgIpc) is 2.61. The minimum Gasteiger partial charge on any atom is -0.487 e. The van der Waals surface area contributed by atoms with E-state index in [-0.39, 0.29) is 6.10 Å². The Morgan fingerprint density at radius 1 is 0.926 bits per heavy atom. The fraction of sp³-hybridized carbons (Fsp3) is 0.636. The van der Waals surface area contributed by atoms with Crippen LogP contribution in [-0.4, -0.2) is 24.6 Å². The molecule has 152 valence electrons. The Hall–Kier alpha value is -2.04. The Balaban J connectivity index is 2.54. The minimum atomic E-state index is -1.38. The van der Waals surface area contributed by atoms with Crippen molar-refractivity contribution >= 4 is 11.9 Å². The van der Waals surface area contributed by atoms with Gasteiger partial charge in [0.2, 0.25) is 0 Å². The lowest BCUT2D eigenvalue weighted by molar-refractivity contribution is -0.164. The zero-order valence-corrected chi connectivity index (χ0v) is 17.4. The molecule has 0 fully saturated rings. The van der Waals surface area contributed by atoms with Crippen LogP contribution in [0.1, 0.15) is 73.1 Å². The summed E-state index contributed by atoms with van der Waals surface area (Å²) in [5.74, 6) is -0.455. The van der Waals surface area contributed by atoms with Crippen molar-refractivity contribution in [3.63, 3.8) is 0 Å². The molecule has 1 aromatic rings. The number of carbonyl (C=O) groups is 2. The van der Waals surface area contributed by atoms with Crippen LogP contribution in [0.4, 0.5) is 0 Å². The number of ether oxygens (including phenoxy) is 3. The third-order valence-electron chi connectivity index (χ3n) is 4.17. The van der Waals surface area contributed by atoms with Crippen LogP contribution in [0.25, 0.3) is 0 Å². The third-order valence-corrected chi connectivity index (χ3v) is 4.17. The van der Waals surface area contributed by atoms with Gasteiger partial charge in [0.1, 0.15) is 0 Å². The first-order chi connectivity index (χ1) is 12.8. The van der Waals surface area contributed by atoms with Gasteiger partial charge in [0.25, 0.3) is 0 Å². The summed E-state index contributed by atoms with van der Waals surface area (Å²) in [5, 5.41) is 0. The van der Waals surface area contributed by atoms with E-state index < -0.39 is 17.4 Å². The van der Waals surface area contributed by atoms with E-state index in [1.165, 1.54) is 33.1 Å². The molecule has 0 atom stereocenters. The van der Waals surface area contributed by atoms with Crippen LogP contribution in [0, 0.1) is 5.41 Å². The summed E-state index contributed by atoms with van der Waals surface area (Å²) in [6, 6.07) is 6.93. The molecular weight excluding hydrogens is 344 g/mol. The van der Waals surface area contributed by atoms with E-state index in [2.05, 4.69) is 6.92 Å². The zero-order valence-electron chi connectivity index (χ0n) is 17.4. The second kappa shape index (κ2) is 11.6. The van der Waals surface area contributed by atoms with Crippen molar-refractivity contribution < 1.29 is 23.8 Å². The van der Waals surface area contributed by atoms with Gasteiger partial charge in [0.05, 0.1) is 12.7 Å². The summed E-state index contributed by atoms with van der Waals surface area (Å²) in [7, 11) is 0. The van der Waals surface area contributed by atoms with Gasteiger partial charge in [-0.15, -0.1) is 0 Å². The Morgan fingerprint density at radius 3 is 2.15 bits per heavy atom. The number of unbranched alkanes of at least 4 members (excludes halogenated alkanes) is 5. The van der Waals surface area contributed by atoms with Gasteiger partial charge < -0.3 is 14.2 Å². The number of hydrogen-bond acceptors (Lipinski definition) is 5. The van der Waals surface area contributed by atoms with Gasteiger partial charge in [-0.1, -0.05) is 51.2 Å². The first kappa shape index (κ1) is 23.0. The van der Waals surface area contributed by atoms with Gasteiger partial charge in [-0.05, 0) is 46.2 Å². The molecule has 0 amide bonds. The molecule has 1 aromatic carbocycles. The smallest absolute Gasteiger partial charge is 0.328 e. The highest BCUT2D eigenvalue weighted by Gasteiger charge is 2.40. The van der Waals surface area contributed by atoms with Crippen molar-refractivity contribution in [1.29, 1.82) is 0 Å². The van der Waals surface area contributed by atoms with E-state index in [0.717, 1.165) is 19.3 Å². The van der Waals surface area contributed by atoms with E-state index >= 15 is 0 Å². The molecule has 0 saturated heterocycles. The number of para-hydroxylation sites is 2. The lowest BCUT2D eigenvalue weighted by Gasteiger charge is -2.22. The van der Waals surface area contributed by atoms with Crippen LogP contribution in [0.2, 0.25) is 0 Å². The van der Waals surface area contributed by atoms with Crippen LogP contribution >= 0.6 is 0 Å². The van der Waals surface area contributed by atoms with Gasteiger partial charge in [-0.3, -0.25) is 9.59 Å². The van der Waals surface area contributed by atoms with Crippen LogP contribution in [0.3, 0.4) is 0 Å². The van der Waals surface area contributed by atoms with Crippen LogP contribution in [0.5, 0.6) is 11.5 Å². The molecular formula is C22H34O5. The lowest BCUT2D eigenvalue weighted by Crippen LogP contribution is -2.38. The first-order valence-corrected chi connectivity index (χ1v) is 9.94. The highest BCUT2D eigenvalue weighted by Crippen LogP contribution is 2.30. The molecule has 0 spiro atoms. The number of esters is 2. The molecule has 0 aliphatic rings. The minimum absolute atomic E-state index is 0.0554. The number of hydrogen-bond donors (Lipinski definition) is 0. The summed E-state index contributed by atoms with van der Waals surface area (Å²) in [6.07, 6.45) is 6.57. The predicted molar refractivity (Wildman–Crippen MR) is 106 cm³/mol. The van der Waals surface area contributed by atoms with Crippen LogP contribution in [0.15, 0.2) is 24.3 Å². The first-order valence-electron chi connectivity index (χ1n) is 9.94. The number of benzene rings is 1. The van der Waals surface area contributed by atoms with Gasteiger partial charge >= 0.3 is 11.9 Å². The number of rotatable bonds is 12. The van der Waals surface area contributed by atoms with E-state index in [9.17, 15) is 9.59 Å². The Bertz CT molecular complexity index is 592. The Morgan fingerprint density at radius 2 is 1.52 bits per heavy atom. The molecule has 5 heteroatoms. The quantitative estimate of drug-likeness (QED) is 0.213. The molecule has 0 aliphatic carbocycles. The highest BCUT2D eigenvalue weighted by atomic mass is 16.6. The lowest BCUT2D eigenvalue weighted by atomic mass is 9.94. The van der Waals surface area contributed by atoms with Crippen molar-refractivity contribution in [2.75, 3.05) is 6.61 Å². The normalized spacial score (nSPS) is 11.3. The third kappa shape index (κ3) is 8.02. The monoisotopic (exact) mass is 378 g/mol. The van der Waals surface area contributed by atoms with Crippen molar-refractivity contribution in [3.8, 4) is 11.5 Å². The molecule has 0 bridgehead atoms. The molecule has 0 saturated carbocycles. The molecule has 0 heterocycles. The van der Waals surface area contributed by atoms with Gasteiger partial charge in [0, 0.05) is 0 Å². The fourth-order valence-corrected chi connectivity index (χ4v) is 2.42. The topological polar surface area (TPSA) is 61.8 Å². The summed E-state index contributed by atoms with van der Waals surface area (Å²) < 4.78 is 16.4. The number of carbonyl (C=O) groups excluding carboxylic acids is 2. The molecule has 0 unspecified atom stereocenters. The summed E-state index contributed by atoms with van der Waals surface area (Å²) in [5.41, 5.74) is -1.38. The van der Waals surface area contributed by atoms with Crippen LogP contribution < -0.4 is 9.47 Å². The molecule has 0 N–H and O–H groups in total. The SMILES string of the molecule is CCCCCCCCOC(=O)C(C)(C)C(=O)Oc1ccccc1OC(C)C. The summed E-state index contributed by atoms with van der Waals surface area (Å²) in [6.45, 7) is 9.32. The maximum Gasteiger partial charge on any atom is 0.328 e. The molecule has 27 heavy (non-hydrogen) atoms. The zero-order chi connectivity index (χ0) is 20.3. The van der Waals surface area contributed by atoms with E-state index in [0.29, 0.717) is 18.1 Å². The molecule has 0 aromatic heterocycles. The standard InChI is InChI=1S/C22H34O5/c1-6-7-8-9-10-13-16-25-20(23)22(4,5)21(24)27-19-15-12-11-14-18(19)26-17(2)3/h11-12,14-15,17H,6-10,13,16H2,1-5H3. The molecule has 0 aliphatic heterocycles. The van der Waals surface area contributed by atoms with Crippen molar-refractivity contribution in [2.24, 2.45) is 5.41 Å². The van der Waals surface area contributed by atoms with Gasteiger partial charge in [-0.2, -0.15) is 0 Å². The van der Waals surface area contributed by atoms with Gasteiger partial charge in [0.15, 0.2) is 16.9 Å². The van der Waals surface area contributed by atoms with Gasteiger partial charge in [-0.25, -0.2) is 0 Å². The van der Waals surface area contributed by atoms with Crippen LogP contribution in [-0.2, 0) is 14.3 Å². The van der Waals surface area contributed by atoms with Crippen molar-refractivity contribution in [1.82, 2.24) is 0 Å². The predicted octanol–water partition coefficient (Wildman–Crippen LogP) is 5.31. The average molecular weight is 379 g/mol. The Kier molecular flexibility index (Phi) is 9.90. The molecule has 0 radical (unpaired) electrons. The van der Waals surface area contributed by atoms with E-state index in [1.807, 2.05) is 13.8 Å². The van der Waals surface area contributed by atoms with E-state index in [4.69, 9.17) is 14.2 Å². The second-order valence-corrected chi connectivity index (χ2v) is 7.53. The maximum atomic E-state index is 12.5. The van der Waals surface area contributed by atoms with Crippen molar-refractivity contribution in [2.45, 2.75) is 79.2 Å².